The van der Waals surface area contributed by atoms with Gasteiger partial charge in [-0.15, -0.1) is 0 Å². The normalized spacial score (nSPS) is 23.6. The molecule has 0 aliphatic carbocycles. The van der Waals surface area contributed by atoms with Crippen molar-refractivity contribution in [3.63, 3.8) is 0 Å². The quantitative estimate of drug-likeness (QED) is 0.815. The average Bonchev–Trinajstić information content (AvgIpc) is 2.40. The summed E-state index contributed by atoms with van der Waals surface area (Å²) in [6.07, 6.45) is 3.79. The van der Waals surface area contributed by atoms with E-state index in [0.29, 0.717) is 6.04 Å². The monoisotopic (exact) mass is 238 g/mol. The number of pyridine rings is 1. The Kier molecular flexibility index (Phi) is 3.11. The van der Waals surface area contributed by atoms with Gasteiger partial charge in [-0.1, -0.05) is 43.3 Å². The van der Waals surface area contributed by atoms with Gasteiger partial charge >= 0.3 is 0 Å². The Morgan fingerprint density at radius 2 is 2.00 bits per heavy atom. The molecule has 1 aromatic heterocycles. The van der Waals surface area contributed by atoms with Gasteiger partial charge < -0.3 is 0 Å². The molecule has 1 aromatic carbocycles. The second-order valence-corrected chi connectivity index (χ2v) is 5.12. The summed E-state index contributed by atoms with van der Waals surface area (Å²) < 4.78 is 0. The Balaban J connectivity index is 1.75. The van der Waals surface area contributed by atoms with Crippen LogP contribution in [-0.4, -0.2) is 16.4 Å². The van der Waals surface area contributed by atoms with E-state index in [9.17, 15) is 0 Å². The molecule has 0 N–H and O–H groups in total. The number of hydrogen-bond acceptors (Lipinski definition) is 2. The van der Waals surface area contributed by atoms with Crippen LogP contribution >= 0.6 is 0 Å². The van der Waals surface area contributed by atoms with E-state index in [1.807, 2.05) is 18.5 Å². The summed E-state index contributed by atoms with van der Waals surface area (Å²) in [5.74, 6) is 0.740. The molecule has 92 valence electrons. The van der Waals surface area contributed by atoms with Crippen molar-refractivity contribution < 1.29 is 0 Å². The van der Waals surface area contributed by atoms with Crippen LogP contribution in [0, 0.1) is 5.92 Å². The summed E-state index contributed by atoms with van der Waals surface area (Å²) in [7, 11) is 0. The molecule has 18 heavy (non-hydrogen) atoms. The van der Waals surface area contributed by atoms with Crippen molar-refractivity contribution in [3.8, 4) is 0 Å². The Hall–Kier alpha value is -1.67. The molecule has 0 spiro atoms. The summed E-state index contributed by atoms with van der Waals surface area (Å²) in [5.41, 5.74) is 2.73. The molecule has 2 heterocycles. The third-order valence-electron chi connectivity index (χ3n) is 3.70. The van der Waals surface area contributed by atoms with E-state index in [-0.39, 0.29) is 0 Å². The van der Waals surface area contributed by atoms with Crippen molar-refractivity contribution in [3.05, 3.63) is 66.0 Å². The molecule has 2 unspecified atom stereocenters. The lowest BCUT2D eigenvalue weighted by Crippen LogP contribution is -2.47. The van der Waals surface area contributed by atoms with Gasteiger partial charge in [0.1, 0.15) is 0 Å². The fourth-order valence-corrected chi connectivity index (χ4v) is 2.88. The minimum absolute atomic E-state index is 0.561. The third kappa shape index (κ3) is 2.16. The maximum Gasteiger partial charge on any atom is 0.0389 e. The lowest BCUT2D eigenvalue weighted by molar-refractivity contribution is 0.0162. The highest BCUT2D eigenvalue weighted by atomic mass is 15.2. The predicted octanol–water partition coefficient (Wildman–Crippen LogP) is 3.27. The molecule has 1 aliphatic heterocycles. The van der Waals surface area contributed by atoms with E-state index in [1.165, 1.54) is 17.7 Å². The molecule has 2 atom stereocenters. The Morgan fingerprint density at radius 3 is 2.67 bits per heavy atom. The number of benzene rings is 1. The second-order valence-electron chi connectivity index (χ2n) is 5.12. The topological polar surface area (TPSA) is 16.1 Å². The first-order valence-electron chi connectivity index (χ1n) is 6.52. The van der Waals surface area contributed by atoms with Crippen LogP contribution in [0.5, 0.6) is 0 Å². The second kappa shape index (κ2) is 4.91. The van der Waals surface area contributed by atoms with Gasteiger partial charge in [0.05, 0.1) is 0 Å². The van der Waals surface area contributed by atoms with Gasteiger partial charge in [-0.05, 0) is 23.1 Å². The Morgan fingerprint density at radius 1 is 1.17 bits per heavy atom. The van der Waals surface area contributed by atoms with Gasteiger partial charge in [0.25, 0.3) is 0 Å². The highest BCUT2D eigenvalue weighted by Gasteiger charge is 2.36. The molecular formula is C16H18N2. The minimum atomic E-state index is 0.561. The number of hydrogen-bond donors (Lipinski definition) is 0. The highest BCUT2D eigenvalue weighted by Crippen LogP contribution is 2.39. The van der Waals surface area contributed by atoms with E-state index >= 15 is 0 Å². The zero-order valence-corrected chi connectivity index (χ0v) is 10.7. The lowest BCUT2D eigenvalue weighted by atomic mass is 9.84. The summed E-state index contributed by atoms with van der Waals surface area (Å²) in [6, 6.07) is 15.5. The van der Waals surface area contributed by atoms with E-state index in [2.05, 4.69) is 53.2 Å². The van der Waals surface area contributed by atoms with Gasteiger partial charge in [0.2, 0.25) is 0 Å². The maximum absolute atomic E-state index is 4.19. The van der Waals surface area contributed by atoms with E-state index < -0.39 is 0 Å². The molecule has 1 saturated heterocycles. The van der Waals surface area contributed by atoms with Crippen LogP contribution in [0.2, 0.25) is 0 Å². The van der Waals surface area contributed by atoms with Crippen LogP contribution in [0.3, 0.4) is 0 Å². The van der Waals surface area contributed by atoms with Crippen LogP contribution < -0.4 is 0 Å². The van der Waals surface area contributed by atoms with Crippen LogP contribution in [0.15, 0.2) is 54.9 Å². The van der Waals surface area contributed by atoms with Gasteiger partial charge in [0.15, 0.2) is 0 Å². The standard InChI is InChI=1S/C16H18N2/c1-13-11-18(12-14-6-5-9-17-10-14)16(13)15-7-3-2-4-8-15/h2-10,13,16H,11-12H2,1H3. The Labute approximate surface area is 108 Å². The molecule has 0 radical (unpaired) electrons. The molecule has 1 fully saturated rings. The van der Waals surface area contributed by atoms with Gasteiger partial charge in [-0.2, -0.15) is 0 Å². The van der Waals surface area contributed by atoms with Crippen molar-refractivity contribution in [2.24, 2.45) is 5.92 Å². The van der Waals surface area contributed by atoms with E-state index in [0.717, 1.165) is 12.5 Å². The number of aromatic nitrogens is 1. The fraction of sp³-hybridized carbons (Fsp3) is 0.312. The molecule has 0 bridgehead atoms. The molecular weight excluding hydrogens is 220 g/mol. The molecule has 0 saturated carbocycles. The van der Waals surface area contributed by atoms with Gasteiger partial charge in [-0.3, -0.25) is 9.88 Å². The van der Waals surface area contributed by atoms with Crippen LogP contribution in [-0.2, 0) is 6.54 Å². The molecule has 2 nitrogen and oxygen atoms in total. The van der Waals surface area contributed by atoms with E-state index in [4.69, 9.17) is 0 Å². The Bertz CT molecular complexity index is 495. The SMILES string of the molecule is CC1CN(Cc2cccnc2)C1c1ccccc1. The molecule has 2 heteroatoms. The molecule has 2 aromatic rings. The summed E-state index contributed by atoms with van der Waals surface area (Å²) in [5, 5.41) is 0. The average molecular weight is 238 g/mol. The molecule has 3 rings (SSSR count). The molecule has 0 amide bonds. The predicted molar refractivity (Wildman–Crippen MR) is 73.0 cm³/mol. The first-order valence-corrected chi connectivity index (χ1v) is 6.52. The zero-order chi connectivity index (χ0) is 12.4. The fourth-order valence-electron chi connectivity index (χ4n) is 2.88. The van der Waals surface area contributed by atoms with Crippen molar-refractivity contribution in [2.45, 2.75) is 19.5 Å². The van der Waals surface area contributed by atoms with Crippen molar-refractivity contribution in [1.82, 2.24) is 9.88 Å². The summed E-state index contributed by atoms with van der Waals surface area (Å²) >= 11 is 0. The third-order valence-corrected chi connectivity index (χ3v) is 3.70. The smallest absolute Gasteiger partial charge is 0.0389 e. The lowest BCUT2D eigenvalue weighted by Gasteiger charge is -2.47. The number of likely N-dealkylation sites (tertiary alicyclic amines) is 1. The number of nitrogens with zero attached hydrogens (tertiary/aromatic N) is 2. The van der Waals surface area contributed by atoms with Crippen LogP contribution in [0.4, 0.5) is 0 Å². The van der Waals surface area contributed by atoms with Gasteiger partial charge in [0, 0.05) is 31.5 Å². The summed E-state index contributed by atoms with van der Waals surface area (Å²) in [6.45, 7) is 4.50. The maximum atomic E-state index is 4.19. The van der Waals surface area contributed by atoms with Crippen LogP contribution in [0.25, 0.3) is 0 Å². The van der Waals surface area contributed by atoms with Gasteiger partial charge in [-0.25, -0.2) is 0 Å². The van der Waals surface area contributed by atoms with Crippen molar-refractivity contribution in [1.29, 1.82) is 0 Å². The largest absolute Gasteiger partial charge is 0.291 e. The highest BCUT2D eigenvalue weighted by molar-refractivity contribution is 5.23. The van der Waals surface area contributed by atoms with E-state index in [1.54, 1.807) is 0 Å². The summed E-state index contributed by atoms with van der Waals surface area (Å²) in [4.78, 5) is 6.71. The first-order chi connectivity index (χ1) is 8.84. The first kappa shape index (κ1) is 11.4. The zero-order valence-electron chi connectivity index (χ0n) is 10.7. The number of rotatable bonds is 3. The molecule has 1 aliphatic rings. The minimum Gasteiger partial charge on any atom is -0.291 e. The van der Waals surface area contributed by atoms with Crippen LogP contribution in [0.1, 0.15) is 24.1 Å². The van der Waals surface area contributed by atoms with Crippen molar-refractivity contribution in [2.75, 3.05) is 6.54 Å². The van der Waals surface area contributed by atoms with Crippen molar-refractivity contribution >= 4 is 0 Å².